The smallest absolute Gasteiger partial charge is 0.191 e. The Labute approximate surface area is 172 Å². The first-order chi connectivity index (χ1) is 13.7. The maximum absolute atomic E-state index is 12.2. The van der Waals surface area contributed by atoms with E-state index in [-0.39, 0.29) is 6.61 Å². The predicted octanol–water partition coefficient (Wildman–Crippen LogP) is 2.88. The molecule has 0 saturated heterocycles. The van der Waals surface area contributed by atoms with Gasteiger partial charge in [0.15, 0.2) is 5.96 Å². The summed E-state index contributed by atoms with van der Waals surface area (Å²) in [5, 5.41) is 7.19. The van der Waals surface area contributed by atoms with E-state index in [2.05, 4.69) is 23.5 Å². The van der Waals surface area contributed by atoms with Gasteiger partial charge in [-0.1, -0.05) is 31.4 Å². The summed E-state index contributed by atoms with van der Waals surface area (Å²) in [5.41, 5.74) is 1.21. The Morgan fingerprint density at radius 1 is 1.32 bits per heavy atom. The number of ether oxygens (including phenoxy) is 1. The first-order valence-electron chi connectivity index (χ1n) is 10.2. The molecule has 5 nitrogen and oxygen atoms in total. The molecule has 0 amide bonds. The first-order valence-corrected chi connectivity index (χ1v) is 11.6. The van der Waals surface area contributed by atoms with Gasteiger partial charge >= 0.3 is 0 Å². The number of nitrogens with zero attached hydrogens (tertiary/aromatic N) is 1. The van der Waals surface area contributed by atoms with Crippen LogP contribution >= 0.6 is 0 Å². The molecule has 154 valence electrons. The predicted molar refractivity (Wildman–Crippen MR) is 118 cm³/mol. The third-order valence-electron chi connectivity index (χ3n) is 4.88. The number of nitrogens with one attached hydrogen (secondary N) is 2. The van der Waals surface area contributed by atoms with Crippen LogP contribution in [0.1, 0.15) is 45.1 Å². The molecule has 1 fully saturated rings. The largest absolute Gasteiger partial charge is 0.481 e. The van der Waals surface area contributed by atoms with Crippen molar-refractivity contribution in [2.75, 3.05) is 25.4 Å². The molecule has 1 saturated carbocycles. The molecule has 0 bridgehead atoms. The van der Waals surface area contributed by atoms with Crippen molar-refractivity contribution >= 4 is 16.8 Å². The Morgan fingerprint density at radius 3 is 2.79 bits per heavy atom. The molecule has 3 unspecified atom stereocenters. The lowest BCUT2D eigenvalue weighted by molar-refractivity contribution is 0.370. The Bertz CT molecular complexity index is 682. The number of rotatable bonds is 9. The summed E-state index contributed by atoms with van der Waals surface area (Å²) in [6.07, 6.45) is 10.3. The van der Waals surface area contributed by atoms with Crippen molar-refractivity contribution in [1.82, 2.24) is 10.6 Å². The molecule has 0 aromatic heterocycles. The molecule has 1 aromatic rings. The molecule has 6 heteroatoms. The summed E-state index contributed by atoms with van der Waals surface area (Å²) in [5.74, 6) is 4.85. The third-order valence-corrected chi connectivity index (χ3v) is 6.62. The molecule has 28 heavy (non-hydrogen) atoms. The van der Waals surface area contributed by atoms with Crippen molar-refractivity contribution in [2.24, 2.45) is 4.99 Å². The Hall–Kier alpha value is -2.00. The number of hydrogen-bond donors (Lipinski definition) is 2. The fourth-order valence-electron chi connectivity index (χ4n) is 3.44. The van der Waals surface area contributed by atoms with Crippen LogP contribution in [-0.4, -0.2) is 46.9 Å². The molecule has 2 rings (SSSR count). The molecule has 0 heterocycles. The normalized spacial score (nSPS) is 20.8. The van der Waals surface area contributed by atoms with E-state index >= 15 is 0 Å². The molecule has 2 N–H and O–H groups in total. The lowest BCUT2D eigenvalue weighted by Crippen LogP contribution is -2.46. The Balaban J connectivity index is 1.86. The van der Waals surface area contributed by atoms with E-state index in [1.165, 1.54) is 5.56 Å². The van der Waals surface area contributed by atoms with Crippen LogP contribution in [0.4, 0.5) is 0 Å². The minimum atomic E-state index is -0.709. The molecular weight excluding hydrogens is 370 g/mol. The van der Waals surface area contributed by atoms with Crippen LogP contribution in [0.3, 0.4) is 0 Å². The van der Waals surface area contributed by atoms with Crippen LogP contribution in [-0.2, 0) is 17.2 Å². The second kappa shape index (κ2) is 12.5. The van der Waals surface area contributed by atoms with Crippen LogP contribution in [0.15, 0.2) is 29.3 Å². The van der Waals surface area contributed by atoms with Crippen LogP contribution in [0, 0.1) is 12.3 Å². The van der Waals surface area contributed by atoms with E-state index in [1.54, 1.807) is 0 Å². The highest BCUT2D eigenvalue weighted by Crippen LogP contribution is 2.23. The molecule has 1 aliphatic rings. The van der Waals surface area contributed by atoms with Gasteiger partial charge in [-0.2, -0.15) is 0 Å². The van der Waals surface area contributed by atoms with Crippen LogP contribution in [0.2, 0.25) is 0 Å². The van der Waals surface area contributed by atoms with E-state index in [1.807, 2.05) is 31.2 Å². The van der Waals surface area contributed by atoms with E-state index < -0.39 is 10.8 Å². The van der Waals surface area contributed by atoms with Crippen molar-refractivity contribution in [3.8, 4) is 18.1 Å². The monoisotopic (exact) mass is 403 g/mol. The second-order valence-electron chi connectivity index (χ2n) is 6.95. The van der Waals surface area contributed by atoms with Crippen molar-refractivity contribution in [2.45, 2.75) is 57.2 Å². The zero-order valence-electron chi connectivity index (χ0n) is 17.1. The molecular formula is C22H33N3O2S. The van der Waals surface area contributed by atoms with Gasteiger partial charge < -0.3 is 15.4 Å². The zero-order chi connectivity index (χ0) is 20.2. The van der Waals surface area contributed by atoms with E-state index in [0.29, 0.717) is 17.8 Å². The van der Waals surface area contributed by atoms with Gasteiger partial charge in [0.05, 0.1) is 0 Å². The number of guanidine groups is 1. The SMILES string of the molecule is C#CCOc1ccc(CCN=C(NCC)NC2CCCC(S(=O)CC)C2)cc1. The number of aliphatic imine (C=N–C) groups is 1. The van der Waals surface area contributed by atoms with E-state index in [0.717, 1.165) is 56.1 Å². The summed E-state index contributed by atoms with van der Waals surface area (Å²) < 4.78 is 17.6. The summed E-state index contributed by atoms with van der Waals surface area (Å²) in [6, 6.07) is 8.33. The molecule has 1 aromatic carbocycles. The molecule has 0 aliphatic heterocycles. The van der Waals surface area contributed by atoms with Crippen molar-refractivity contribution < 1.29 is 8.95 Å². The maximum Gasteiger partial charge on any atom is 0.191 e. The topological polar surface area (TPSA) is 62.7 Å². The second-order valence-corrected chi connectivity index (χ2v) is 8.95. The quantitative estimate of drug-likeness (QED) is 0.378. The summed E-state index contributed by atoms with van der Waals surface area (Å²) in [6.45, 7) is 5.89. The first kappa shape index (κ1) is 22.3. The summed E-state index contributed by atoms with van der Waals surface area (Å²) in [4.78, 5) is 4.73. The van der Waals surface area contributed by atoms with Crippen LogP contribution in [0.5, 0.6) is 5.75 Å². The van der Waals surface area contributed by atoms with Gasteiger partial charge in [-0.15, -0.1) is 6.42 Å². The number of terminal acetylenes is 1. The lowest BCUT2D eigenvalue weighted by Gasteiger charge is -2.30. The fourth-order valence-corrected chi connectivity index (χ4v) is 4.79. The highest BCUT2D eigenvalue weighted by Gasteiger charge is 2.25. The minimum Gasteiger partial charge on any atom is -0.481 e. The van der Waals surface area contributed by atoms with Gasteiger partial charge in [-0.05, 0) is 50.3 Å². The molecule has 0 radical (unpaired) electrons. The Kier molecular flexibility index (Phi) is 9.92. The number of benzene rings is 1. The van der Waals surface area contributed by atoms with Gasteiger partial charge in [-0.25, -0.2) is 0 Å². The van der Waals surface area contributed by atoms with E-state index in [9.17, 15) is 4.21 Å². The highest BCUT2D eigenvalue weighted by molar-refractivity contribution is 7.85. The van der Waals surface area contributed by atoms with Gasteiger partial charge in [0.25, 0.3) is 0 Å². The van der Waals surface area contributed by atoms with Crippen LogP contribution < -0.4 is 15.4 Å². The lowest BCUT2D eigenvalue weighted by atomic mass is 9.95. The van der Waals surface area contributed by atoms with Gasteiger partial charge in [0.2, 0.25) is 0 Å². The molecule has 0 spiro atoms. The number of hydrogen-bond acceptors (Lipinski definition) is 3. The van der Waals surface area contributed by atoms with Crippen molar-refractivity contribution in [3.63, 3.8) is 0 Å². The van der Waals surface area contributed by atoms with Crippen LogP contribution in [0.25, 0.3) is 0 Å². The van der Waals surface area contributed by atoms with E-state index in [4.69, 9.17) is 16.2 Å². The van der Waals surface area contributed by atoms with Gasteiger partial charge in [0.1, 0.15) is 12.4 Å². The average molecular weight is 404 g/mol. The average Bonchev–Trinajstić information content (AvgIpc) is 2.73. The van der Waals surface area contributed by atoms with Gasteiger partial charge in [0, 0.05) is 40.9 Å². The summed E-state index contributed by atoms with van der Waals surface area (Å²) in [7, 11) is -0.709. The Morgan fingerprint density at radius 2 is 2.11 bits per heavy atom. The minimum absolute atomic E-state index is 0.287. The third kappa shape index (κ3) is 7.55. The van der Waals surface area contributed by atoms with Gasteiger partial charge in [-0.3, -0.25) is 9.20 Å². The molecule has 1 aliphatic carbocycles. The maximum atomic E-state index is 12.2. The highest BCUT2D eigenvalue weighted by atomic mass is 32.2. The summed E-state index contributed by atoms with van der Waals surface area (Å²) >= 11 is 0. The van der Waals surface area contributed by atoms with Crippen molar-refractivity contribution in [1.29, 1.82) is 0 Å². The molecule has 3 atom stereocenters. The van der Waals surface area contributed by atoms with Crippen molar-refractivity contribution in [3.05, 3.63) is 29.8 Å². The standard InChI is InChI=1S/C22H33N3O2S/c1-4-16-27-20-12-10-18(11-13-20)14-15-24-22(23-5-2)25-19-8-7-9-21(17-19)28(26)6-3/h1,10-13,19,21H,5-9,14-17H2,2-3H3,(H2,23,24,25). The zero-order valence-corrected chi connectivity index (χ0v) is 17.9. The fraction of sp³-hybridized carbons (Fsp3) is 0.591.